The van der Waals surface area contributed by atoms with Gasteiger partial charge in [0.05, 0.1) is 6.61 Å². The summed E-state index contributed by atoms with van der Waals surface area (Å²) in [5, 5.41) is 3.68. The van der Waals surface area contributed by atoms with Gasteiger partial charge in [-0.05, 0) is 31.9 Å². The van der Waals surface area contributed by atoms with Gasteiger partial charge in [-0.1, -0.05) is 12.8 Å². The minimum absolute atomic E-state index is 0.257. The van der Waals surface area contributed by atoms with Crippen molar-refractivity contribution in [3.8, 4) is 5.75 Å². The van der Waals surface area contributed by atoms with Gasteiger partial charge in [-0.15, -0.1) is 0 Å². The molecule has 0 atom stereocenters. The van der Waals surface area contributed by atoms with Crippen molar-refractivity contribution in [2.24, 2.45) is 0 Å². The number of benzene rings is 1. The van der Waals surface area contributed by atoms with E-state index in [1.54, 1.807) is 12.1 Å². The zero-order chi connectivity index (χ0) is 14.0. The molecule has 110 valence electrons. The first-order chi connectivity index (χ1) is 9.72. The van der Waals surface area contributed by atoms with Crippen molar-refractivity contribution < 1.29 is 9.13 Å². The molecule has 0 unspecified atom stereocenters. The Morgan fingerprint density at radius 2 is 2.15 bits per heavy atom. The predicted molar refractivity (Wildman–Crippen MR) is 79.0 cm³/mol. The third-order valence-electron chi connectivity index (χ3n) is 4.52. The fourth-order valence-corrected chi connectivity index (χ4v) is 3.52. The molecule has 1 spiro atoms. The number of hydrogen-bond donors (Lipinski definition) is 1. The third kappa shape index (κ3) is 2.62. The van der Waals surface area contributed by atoms with Crippen molar-refractivity contribution in [3.05, 3.63) is 24.0 Å². The van der Waals surface area contributed by atoms with Crippen molar-refractivity contribution in [1.82, 2.24) is 5.32 Å². The highest BCUT2D eigenvalue weighted by Gasteiger charge is 2.37. The molecule has 1 N–H and O–H groups in total. The van der Waals surface area contributed by atoms with Crippen LogP contribution in [0.5, 0.6) is 5.75 Å². The summed E-state index contributed by atoms with van der Waals surface area (Å²) in [4.78, 5) is 2.31. The van der Waals surface area contributed by atoms with Gasteiger partial charge in [0.15, 0.2) is 11.6 Å². The Balaban J connectivity index is 1.76. The normalized spacial score (nSPS) is 21.4. The van der Waals surface area contributed by atoms with E-state index in [0.717, 1.165) is 25.3 Å². The number of halogens is 1. The molecule has 2 aliphatic rings. The van der Waals surface area contributed by atoms with Crippen molar-refractivity contribution in [1.29, 1.82) is 0 Å². The van der Waals surface area contributed by atoms with Crippen LogP contribution in [-0.2, 0) is 0 Å². The van der Waals surface area contributed by atoms with Crippen LogP contribution in [-0.4, -0.2) is 31.8 Å². The fraction of sp³-hybridized carbons (Fsp3) is 0.625. The molecule has 2 fully saturated rings. The van der Waals surface area contributed by atoms with Crippen molar-refractivity contribution in [3.63, 3.8) is 0 Å². The minimum atomic E-state index is -0.261. The van der Waals surface area contributed by atoms with Crippen molar-refractivity contribution in [2.45, 2.75) is 38.1 Å². The van der Waals surface area contributed by atoms with Gasteiger partial charge >= 0.3 is 0 Å². The lowest BCUT2D eigenvalue weighted by atomic mass is 9.94. The molecule has 0 amide bonds. The molecule has 1 saturated heterocycles. The summed E-state index contributed by atoms with van der Waals surface area (Å²) in [6.07, 6.45) is 5.09. The highest BCUT2D eigenvalue weighted by Crippen LogP contribution is 2.34. The summed E-state index contributed by atoms with van der Waals surface area (Å²) < 4.78 is 19.3. The number of ether oxygens (including phenoxy) is 1. The van der Waals surface area contributed by atoms with Crippen LogP contribution in [0.1, 0.15) is 32.6 Å². The minimum Gasteiger partial charge on any atom is -0.491 e. The van der Waals surface area contributed by atoms with Gasteiger partial charge in [-0.2, -0.15) is 0 Å². The number of hydrogen-bond acceptors (Lipinski definition) is 3. The highest BCUT2D eigenvalue weighted by atomic mass is 19.1. The summed E-state index contributed by atoms with van der Waals surface area (Å²) in [5.74, 6) is 0.0883. The number of nitrogens with zero attached hydrogens (tertiary/aromatic N) is 1. The van der Waals surface area contributed by atoms with E-state index in [0.29, 0.717) is 12.4 Å². The molecular weight excluding hydrogens is 255 g/mol. The van der Waals surface area contributed by atoms with E-state index in [9.17, 15) is 4.39 Å². The van der Waals surface area contributed by atoms with Crippen molar-refractivity contribution in [2.75, 3.05) is 31.1 Å². The largest absolute Gasteiger partial charge is 0.491 e. The van der Waals surface area contributed by atoms with Gasteiger partial charge in [-0.3, -0.25) is 0 Å². The van der Waals surface area contributed by atoms with Crippen LogP contribution in [0.2, 0.25) is 0 Å². The monoisotopic (exact) mass is 278 g/mol. The Hall–Kier alpha value is -1.29. The number of piperazine rings is 1. The van der Waals surface area contributed by atoms with Crippen LogP contribution in [0.4, 0.5) is 10.1 Å². The fourth-order valence-electron chi connectivity index (χ4n) is 3.52. The number of anilines is 1. The maximum atomic E-state index is 14.0. The van der Waals surface area contributed by atoms with E-state index in [-0.39, 0.29) is 11.4 Å². The van der Waals surface area contributed by atoms with Crippen LogP contribution >= 0.6 is 0 Å². The molecule has 4 heteroatoms. The molecule has 1 aromatic rings. The first-order valence-electron chi connectivity index (χ1n) is 7.65. The van der Waals surface area contributed by atoms with Crippen LogP contribution in [0.3, 0.4) is 0 Å². The molecule has 3 rings (SSSR count). The Kier molecular flexibility index (Phi) is 3.83. The van der Waals surface area contributed by atoms with E-state index in [1.807, 2.05) is 13.0 Å². The number of nitrogens with one attached hydrogen (secondary N) is 1. The summed E-state index contributed by atoms with van der Waals surface area (Å²) in [6, 6.07) is 5.33. The van der Waals surface area contributed by atoms with E-state index in [4.69, 9.17) is 4.74 Å². The molecule has 0 aromatic heterocycles. The van der Waals surface area contributed by atoms with E-state index >= 15 is 0 Å². The van der Waals surface area contributed by atoms with Crippen molar-refractivity contribution >= 4 is 5.69 Å². The number of rotatable bonds is 3. The van der Waals surface area contributed by atoms with E-state index in [1.165, 1.54) is 25.7 Å². The van der Waals surface area contributed by atoms with Gasteiger partial charge in [0.1, 0.15) is 0 Å². The second-order valence-corrected chi connectivity index (χ2v) is 5.88. The highest BCUT2D eigenvalue weighted by molar-refractivity contribution is 5.51. The van der Waals surface area contributed by atoms with Gasteiger partial charge < -0.3 is 15.0 Å². The topological polar surface area (TPSA) is 24.5 Å². The zero-order valence-corrected chi connectivity index (χ0v) is 12.1. The molecule has 1 aliphatic heterocycles. The first kappa shape index (κ1) is 13.7. The summed E-state index contributed by atoms with van der Waals surface area (Å²) in [7, 11) is 0. The Bertz CT molecular complexity index is 472. The van der Waals surface area contributed by atoms with E-state index < -0.39 is 0 Å². The van der Waals surface area contributed by atoms with Gasteiger partial charge in [0.25, 0.3) is 0 Å². The smallest absolute Gasteiger partial charge is 0.167 e. The second-order valence-electron chi connectivity index (χ2n) is 5.88. The SMILES string of the molecule is CCOc1ccc(N2CCNC3(CCCC3)C2)cc1F. The maximum absolute atomic E-state index is 14.0. The second kappa shape index (κ2) is 5.60. The molecule has 0 radical (unpaired) electrons. The van der Waals surface area contributed by atoms with Crippen LogP contribution < -0.4 is 15.0 Å². The maximum Gasteiger partial charge on any atom is 0.167 e. The summed E-state index contributed by atoms with van der Waals surface area (Å²) in [5.41, 5.74) is 1.23. The average molecular weight is 278 g/mol. The lowest BCUT2D eigenvalue weighted by molar-refractivity contribution is 0.303. The van der Waals surface area contributed by atoms with Gasteiger partial charge in [-0.25, -0.2) is 4.39 Å². The van der Waals surface area contributed by atoms with Crippen LogP contribution in [0.25, 0.3) is 0 Å². The zero-order valence-electron chi connectivity index (χ0n) is 12.1. The van der Waals surface area contributed by atoms with E-state index in [2.05, 4.69) is 10.2 Å². The molecule has 1 aromatic carbocycles. The molecule has 20 heavy (non-hydrogen) atoms. The molecular formula is C16H23FN2O. The molecule has 1 aliphatic carbocycles. The lowest BCUT2D eigenvalue weighted by Crippen LogP contribution is -2.59. The standard InChI is InChI=1S/C16H23FN2O/c1-2-20-15-6-5-13(11-14(15)17)19-10-9-18-16(12-19)7-3-4-8-16/h5-6,11,18H,2-4,7-10,12H2,1H3. The Labute approximate surface area is 120 Å². The van der Waals surface area contributed by atoms with Crippen LogP contribution in [0, 0.1) is 5.82 Å². The molecule has 0 bridgehead atoms. The average Bonchev–Trinajstić information content (AvgIpc) is 2.89. The van der Waals surface area contributed by atoms with Crippen LogP contribution in [0.15, 0.2) is 18.2 Å². The summed E-state index contributed by atoms with van der Waals surface area (Å²) >= 11 is 0. The summed E-state index contributed by atoms with van der Waals surface area (Å²) in [6.45, 7) is 5.27. The lowest BCUT2D eigenvalue weighted by Gasteiger charge is -2.42. The first-order valence-corrected chi connectivity index (χ1v) is 7.65. The predicted octanol–water partition coefficient (Wildman–Crippen LogP) is 2.95. The Morgan fingerprint density at radius 1 is 1.35 bits per heavy atom. The third-order valence-corrected chi connectivity index (χ3v) is 4.52. The molecule has 1 heterocycles. The molecule has 3 nitrogen and oxygen atoms in total. The molecule has 1 saturated carbocycles. The van der Waals surface area contributed by atoms with Gasteiger partial charge in [0.2, 0.25) is 0 Å². The quantitative estimate of drug-likeness (QED) is 0.920. The van der Waals surface area contributed by atoms with Gasteiger partial charge in [0, 0.05) is 36.9 Å². The Morgan fingerprint density at radius 3 is 2.85 bits per heavy atom.